The lowest BCUT2D eigenvalue weighted by molar-refractivity contribution is 0.415. The minimum Gasteiger partial charge on any atom is -0.497 e. The number of ether oxygens (including phenoxy) is 1. The summed E-state index contributed by atoms with van der Waals surface area (Å²) in [6.07, 6.45) is 1.58. The number of rotatable bonds is 2. The Morgan fingerprint density at radius 3 is 2.36 bits per heavy atom. The van der Waals surface area contributed by atoms with Gasteiger partial charge in [-0.05, 0) is 24.3 Å². The maximum absolute atomic E-state index is 5.72. The summed E-state index contributed by atoms with van der Waals surface area (Å²) in [5.41, 5.74) is 7.32. The van der Waals surface area contributed by atoms with Crippen molar-refractivity contribution in [2.24, 2.45) is 0 Å². The SMILES string of the molecule is COc1ccc(-c2occc2N)cc1. The first-order chi connectivity index (χ1) is 6.81. The molecule has 0 bridgehead atoms. The first-order valence-corrected chi connectivity index (χ1v) is 4.28. The van der Waals surface area contributed by atoms with Crippen LogP contribution in [0.25, 0.3) is 11.3 Å². The monoisotopic (exact) mass is 189 g/mol. The Kier molecular flexibility index (Phi) is 2.14. The average Bonchev–Trinajstić information content (AvgIpc) is 2.65. The Hall–Kier alpha value is -1.90. The Morgan fingerprint density at radius 1 is 1.14 bits per heavy atom. The molecule has 2 aromatic rings. The fraction of sp³-hybridized carbons (Fsp3) is 0.0909. The third kappa shape index (κ3) is 1.44. The van der Waals surface area contributed by atoms with Crippen LogP contribution in [0, 0.1) is 0 Å². The van der Waals surface area contributed by atoms with E-state index in [1.807, 2.05) is 24.3 Å². The minimum absolute atomic E-state index is 0.648. The van der Waals surface area contributed by atoms with Gasteiger partial charge in [0.25, 0.3) is 0 Å². The first kappa shape index (κ1) is 8.69. The van der Waals surface area contributed by atoms with Crippen LogP contribution in [0.1, 0.15) is 0 Å². The molecule has 3 heteroatoms. The van der Waals surface area contributed by atoms with Gasteiger partial charge in [0.1, 0.15) is 5.75 Å². The predicted octanol–water partition coefficient (Wildman–Crippen LogP) is 2.54. The molecule has 0 atom stereocenters. The van der Waals surface area contributed by atoms with Crippen molar-refractivity contribution in [2.75, 3.05) is 12.8 Å². The van der Waals surface area contributed by atoms with Gasteiger partial charge in [0.15, 0.2) is 5.76 Å². The standard InChI is InChI=1S/C11H11NO2/c1-13-9-4-2-8(3-5-9)11-10(12)6-7-14-11/h2-7H,12H2,1H3. The van der Waals surface area contributed by atoms with Crippen LogP contribution in [0.2, 0.25) is 0 Å². The van der Waals surface area contributed by atoms with E-state index >= 15 is 0 Å². The summed E-state index contributed by atoms with van der Waals surface area (Å²) in [4.78, 5) is 0. The Bertz CT molecular complexity index is 417. The summed E-state index contributed by atoms with van der Waals surface area (Å²) in [6, 6.07) is 9.30. The van der Waals surface area contributed by atoms with Gasteiger partial charge in [0.2, 0.25) is 0 Å². The molecule has 0 saturated carbocycles. The van der Waals surface area contributed by atoms with Gasteiger partial charge < -0.3 is 14.9 Å². The lowest BCUT2D eigenvalue weighted by Gasteiger charge is -2.01. The Balaban J connectivity index is 2.39. The van der Waals surface area contributed by atoms with E-state index in [0.717, 1.165) is 11.3 Å². The van der Waals surface area contributed by atoms with Crippen molar-refractivity contribution in [3.63, 3.8) is 0 Å². The number of benzene rings is 1. The van der Waals surface area contributed by atoms with E-state index in [0.29, 0.717) is 11.4 Å². The molecule has 0 aliphatic heterocycles. The van der Waals surface area contributed by atoms with Crippen LogP contribution in [0.5, 0.6) is 5.75 Å². The smallest absolute Gasteiger partial charge is 0.156 e. The highest BCUT2D eigenvalue weighted by Crippen LogP contribution is 2.27. The van der Waals surface area contributed by atoms with E-state index in [4.69, 9.17) is 14.9 Å². The fourth-order valence-corrected chi connectivity index (χ4v) is 1.30. The van der Waals surface area contributed by atoms with Gasteiger partial charge in [0, 0.05) is 11.6 Å². The van der Waals surface area contributed by atoms with Gasteiger partial charge >= 0.3 is 0 Å². The largest absolute Gasteiger partial charge is 0.497 e. The molecule has 0 fully saturated rings. The van der Waals surface area contributed by atoms with Crippen LogP contribution >= 0.6 is 0 Å². The van der Waals surface area contributed by atoms with Crippen LogP contribution in [-0.2, 0) is 0 Å². The zero-order chi connectivity index (χ0) is 9.97. The molecule has 0 saturated heterocycles. The molecule has 2 rings (SSSR count). The van der Waals surface area contributed by atoms with E-state index in [-0.39, 0.29) is 0 Å². The van der Waals surface area contributed by atoms with Crippen molar-refractivity contribution in [1.82, 2.24) is 0 Å². The van der Waals surface area contributed by atoms with E-state index in [1.165, 1.54) is 0 Å². The first-order valence-electron chi connectivity index (χ1n) is 4.28. The number of nitrogen functional groups attached to an aromatic ring is 1. The summed E-state index contributed by atoms with van der Waals surface area (Å²) in [5, 5.41) is 0. The zero-order valence-electron chi connectivity index (χ0n) is 7.86. The molecule has 0 spiro atoms. The summed E-state index contributed by atoms with van der Waals surface area (Å²) < 4.78 is 10.3. The van der Waals surface area contributed by atoms with E-state index in [1.54, 1.807) is 19.4 Å². The van der Waals surface area contributed by atoms with Crippen LogP contribution in [0.4, 0.5) is 5.69 Å². The van der Waals surface area contributed by atoms with Crippen molar-refractivity contribution in [3.8, 4) is 17.1 Å². The molecule has 72 valence electrons. The van der Waals surface area contributed by atoms with Crippen molar-refractivity contribution in [1.29, 1.82) is 0 Å². The second-order valence-electron chi connectivity index (χ2n) is 2.93. The molecule has 1 aromatic carbocycles. The Labute approximate surface area is 82.1 Å². The molecular weight excluding hydrogens is 178 g/mol. The second-order valence-corrected chi connectivity index (χ2v) is 2.93. The van der Waals surface area contributed by atoms with Gasteiger partial charge in [-0.2, -0.15) is 0 Å². The van der Waals surface area contributed by atoms with Gasteiger partial charge in [0.05, 0.1) is 19.1 Å². The molecule has 0 radical (unpaired) electrons. The molecule has 0 amide bonds. The molecule has 0 unspecified atom stereocenters. The highest BCUT2D eigenvalue weighted by molar-refractivity contribution is 5.71. The van der Waals surface area contributed by atoms with Crippen LogP contribution in [0.3, 0.4) is 0 Å². The molecule has 1 aromatic heterocycles. The molecular formula is C11H11NO2. The maximum Gasteiger partial charge on any atom is 0.156 e. The topological polar surface area (TPSA) is 48.4 Å². The van der Waals surface area contributed by atoms with Gasteiger partial charge in [-0.25, -0.2) is 0 Å². The average molecular weight is 189 g/mol. The lowest BCUT2D eigenvalue weighted by atomic mass is 10.1. The quantitative estimate of drug-likeness (QED) is 0.789. The van der Waals surface area contributed by atoms with Crippen LogP contribution in [0.15, 0.2) is 41.0 Å². The van der Waals surface area contributed by atoms with Crippen molar-refractivity contribution >= 4 is 5.69 Å². The minimum atomic E-state index is 0.648. The normalized spacial score (nSPS) is 10.1. The number of nitrogens with two attached hydrogens (primary N) is 1. The molecule has 0 aliphatic carbocycles. The number of methoxy groups -OCH3 is 1. The highest BCUT2D eigenvalue weighted by atomic mass is 16.5. The van der Waals surface area contributed by atoms with Gasteiger partial charge in [-0.3, -0.25) is 0 Å². The number of hydrogen-bond acceptors (Lipinski definition) is 3. The summed E-state index contributed by atoms with van der Waals surface area (Å²) >= 11 is 0. The lowest BCUT2D eigenvalue weighted by Crippen LogP contribution is -1.85. The number of furan rings is 1. The molecule has 1 heterocycles. The summed E-state index contributed by atoms with van der Waals surface area (Å²) in [6.45, 7) is 0. The predicted molar refractivity (Wildman–Crippen MR) is 55.1 cm³/mol. The number of anilines is 1. The van der Waals surface area contributed by atoms with Gasteiger partial charge in [-0.15, -0.1) is 0 Å². The second kappa shape index (κ2) is 3.46. The Morgan fingerprint density at radius 2 is 1.86 bits per heavy atom. The number of hydrogen-bond donors (Lipinski definition) is 1. The van der Waals surface area contributed by atoms with Crippen LogP contribution < -0.4 is 10.5 Å². The van der Waals surface area contributed by atoms with Crippen molar-refractivity contribution in [2.45, 2.75) is 0 Å². The molecule has 14 heavy (non-hydrogen) atoms. The van der Waals surface area contributed by atoms with E-state index < -0.39 is 0 Å². The molecule has 3 nitrogen and oxygen atoms in total. The molecule has 2 N–H and O–H groups in total. The van der Waals surface area contributed by atoms with E-state index in [9.17, 15) is 0 Å². The maximum atomic E-state index is 5.72. The summed E-state index contributed by atoms with van der Waals surface area (Å²) in [5.74, 6) is 1.52. The zero-order valence-corrected chi connectivity index (χ0v) is 7.86. The van der Waals surface area contributed by atoms with Crippen molar-refractivity contribution < 1.29 is 9.15 Å². The summed E-state index contributed by atoms with van der Waals surface area (Å²) in [7, 11) is 1.64. The van der Waals surface area contributed by atoms with Crippen LogP contribution in [-0.4, -0.2) is 7.11 Å². The van der Waals surface area contributed by atoms with Gasteiger partial charge in [-0.1, -0.05) is 0 Å². The van der Waals surface area contributed by atoms with Crippen molar-refractivity contribution in [3.05, 3.63) is 36.6 Å². The fourth-order valence-electron chi connectivity index (χ4n) is 1.30. The third-order valence-electron chi connectivity index (χ3n) is 2.05. The third-order valence-corrected chi connectivity index (χ3v) is 2.05. The highest BCUT2D eigenvalue weighted by Gasteiger charge is 2.05. The molecule has 0 aliphatic rings. The van der Waals surface area contributed by atoms with E-state index in [2.05, 4.69) is 0 Å².